The highest BCUT2D eigenvalue weighted by Crippen LogP contribution is 2.23. The largest absolute Gasteiger partial charge is 0.379 e. The van der Waals surface area contributed by atoms with E-state index in [2.05, 4.69) is 55.8 Å². The van der Waals surface area contributed by atoms with Crippen LogP contribution in [0, 0.1) is 0 Å². The van der Waals surface area contributed by atoms with Crippen LogP contribution in [-0.4, -0.2) is 44.6 Å². The Balaban J connectivity index is 1.44. The van der Waals surface area contributed by atoms with Gasteiger partial charge in [-0.25, -0.2) is 4.98 Å². The first-order valence-corrected chi connectivity index (χ1v) is 7.98. The summed E-state index contributed by atoms with van der Waals surface area (Å²) in [5.74, 6) is 1.97. The number of fused-ring (bicyclic) bond motifs is 1. The number of nitrogens with one attached hydrogen (secondary N) is 3. The van der Waals surface area contributed by atoms with Gasteiger partial charge in [-0.1, -0.05) is 13.0 Å². The molecule has 2 aromatic heterocycles. The summed E-state index contributed by atoms with van der Waals surface area (Å²) in [6, 6.07) is 6.56. The molecule has 3 aromatic rings. The highest BCUT2D eigenvalue weighted by atomic mass is 16.5. The predicted octanol–water partition coefficient (Wildman–Crippen LogP) is 1.52. The van der Waals surface area contributed by atoms with Crippen molar-refractivity contribution < 1.29 is 4.74 Å². The van der Waals surface area contributed by atoms with Crippen molar-refractivity contribution in [2.24, 2.45) is 0 Å². The molecule has 1 aliphatic heterocycles. The number of benzene rings is 1. The lowest BCUT2D eigenvalue weighted by molar-refractivity contribution is 0.187. The molecule has 0 radical (unpaired) electrons. The third kappa shape index (κ3) is 2.85. The van der Waals surface area contributed by atoms with Gasteiger partial charge in [0.1, 0.15) is 5.82 Å². The molecule has 1 saturated heterocycles. The van der Waals surface area contributed by atoms with E-state index in [-0.39, 0.29) is 12.0 Å². The number of aromatic nitrogens is 5. The quantitative estimate of drug-likeness (QED) is 0.664. The van der Waals surface area contributed by atoms with Crippen molar-refractivity contribution >= 4 is 10.9 Å². The first kappa shape index (κ1) is 14.3. The second-order valence-electron chi connectivity index (χ2n) is 5.92. The van der Waals surface area contributed by atoms with Crippen LogP contribution in [0.2, 0.25) is 0 Å². The number of hydrogen-bond acceptors (Lipinski definition) is 5. The van der Waals surface area contributed by atoms with E-state index in [4.69, 9.17) is 4.74 Å². The molecule has 7 heteroatoms. The van der Waals surface area contributed by atoms with Crippen molar-refractivity contribution in [3.8, 4) is 0 Å². The molecular formula is C16H20N6O. The maximum Gasteiger partial charge on any atom is 0.157 e. The number of hydrogen-bond donors (Lipinski definition) is 3. The summed E-state index contributed by atoms with van der Waals surface area (Å²) in [7, 11) is 0. The van der Waals surface area contributed by atoms with Crippen molar-refractivity contribution in [3.05, 3.63) is 41.6 Å². The zero-order valence-corrected chi connectivity index (χ0v) is 13.0. The van der Waals surface area contributed by atoms with E-state index in [1.165, 1.54) is 5.56 Å². The molecule has 0 amide bonds. The van der Waals surface area contributed by atoms with Crippen molar-refractivity contribution in [2.75, 3.05) is 13.2 Å². The summed E-state index contributed by atoms with van der Waals surface area (Å²) in [4.78, 5) is 4.55. The standard InChI is InChI=1S/C16H20N6O/c1-2-15-19-16(22-21-15)12-8-23-9-14(12)17-6-10-3-4-13-11(5-10)7-18-20-13/h3-5,7,12,14,17H,2,6,8-9H2,1H3,(H,18,20)(H,19,21,22)/t12-,14+/m1/s1. The summed E-state index contributed by atoms with van der Waals surface area (Å²) in [5, 5.41) is 19.1. The van der Waals surface area contributed by atoms with Gasteiger partial charge in [-0.05, 0) is 17.7 Å². The predicted molar refractivity (Wildman–Crippen MR) is 86.0 cm³/mol. The molecule has 120 valence electrons. The van der Waals surface area contributed by atoms with Crippen LogP contribution >= 0.6 is 0 Å². The van der Waals surface area contributed by atoms with Crippen LogP contribution in [0.4, 0.5) is 0 Å². The lowest BCUT2D eigenvalue weighted by Crippen LogP contribution is -2.34. The van der Waals surface area contributed by atoms with Gasteiger partial charge in [0.05, 0.1) is 30.8 Å². The average molecular weight is 312 g/mol. The maximum atomic E-state index is 5.64. The van der Waals surface area contributed by atoms with E-state index >= 15 is 0 Å². The lowest BCUT2D eigenvalue weighted by Gasteiger charge is -2.16. The van der Waals surface area contributed by atoms with Crippen LogP contribution in [-0.2, 0) is 17.7 Å². The van der Waals surface area contributed by atoms with Gasteiger partial charge in [0.25, 0.3) is 0 Å². The SMILES string of the molecule is CCc1nc([C@@H]2COC[C@@H]2NCc2ccc3[nH]ncc3c2)n[nH]1. The maximum absolute atomic E-state index is 5.64. The number of aromatic amines is 2. The van der Waals surface area contributed by atoms with Gasteiger partial charge in [0, 0.05) is 24.4 Å². The van der Waals surface area contributed by atoms with E-state index in [1.54, 1.807) is 0 Å². The first-order chi connectivity index (χ1) is 11.3. The highest BCUT2D eigenvalue weighted by molar-refractivity contribution is 5.78. The molecular weight excluding hydrogens is 292 g/mol. The van der Waals surface area contributed by atoms with Crippen molar-refractivity contribution in [1.29, 1.82) is 0 Å². The second-order valence-corrected chi connectivity index (χ2v) is 5.92. The minimum atomic E-state index is 0.198. The van der Waals surface area contributed by atoms with Crippen molar-refractivity contribution in [1.82, 2.24) is 30.7 Å². The van der Waals surface area contributed by atoms with Gasteiger partial charge >= 0.3 is 0 Å². The second kappa shape index (κ2) is 6.10. The molecule has 23 heavy (non-hydrogen) atoms. The lowest BCUT2D eigenvalue weighted by atomic mass is 10.0. The van der Waals surface area contributed by atoms with E-state index < -0.39 is 0 Å². The summed E-state index contributed by atoms with van der Waals surface area (Å²) >= 11 is 0. The Morgan fingerprint density at radius 3 is 3.13 bits per heavy atom. The van der Waals surface area contributed by atoms with Crippen LogP contribution in [0.1, 0.15) is 30.1 Å². The van der Waals surface area contributed by atoms with Crippen LogP contribution in [0.25, 0.3) is 10.9 Å². The summed E-state index contributed by atoms with van der Waals surface area (Å²) in [6.07, 6.45) is 2.71. The van der Waals surface area contributed by atoms with Crippen molar-refractivity contribution in [2.45, 2.75) is 31.8 Å². The van der Waals surface area contributed by atoms with E-state index in [1.807, 2.05) is 6.20 Å². The summed E-state index contributed by atoms with van der Waals surface area (Å²) < 4.78 is 5.64. The third-order valence-electron chi connectivity index (χ3n) is 4.37. The number of ether oxygens (including phenoxy) is 1. The molecule has 7 nitrogen and oxygen atoms in total. The van der Waals surface area contributed by atoms with Crippen LogP contribution in [0.3, 0.4) is 0 Å². The van der Waals surface area contributed by atoms with Gasteiger partial charge in [-0.15, -0.1) is 0 Å². The van der Waals surface area contributed by atoms with E-state index in [0.29, 0.717) is 13.2 Å². The van der Waals surface area contributed by atoms with Crippen molar-refractivity contribution in [3.63, 3.8) is 0 Å². The van der Waals surface area contributed by atoms with E-state index in [9.17, 15) is 0 Å². The summed E-state index contributed by atoms with van der Waals surface area (Å²) in [5.41, 5.74) is 2.29. The molecule has 1 aliphatic rings. The fourth-order valence-electron chi connectivity index (χ4n) is 3.00. The molecule has 0 bridgehead atoms. The zero-order valence-electron chi connectivity index (χ0n) is 13.0. The molecule has 0 unspecified atom stereocenters. The molecule has 2 atom stereocenters. The van der Waals surface area contributed by atoms with Gasteiger partial charge in [0.15, 0.2) is 5.82 Å². The third-order valence-corrected chi connectivity index (χ3v) is 4.37. The molecule has 1 aromatic carbocycles. The fourth-order valence-corrected chi connectivity index (χ4v) is 3.00. The Morgan fingerprint density at radius 2 is 2.26 bits per heavy atom. The Labute approximate surface area is 133 Å². The van der Waals surface area contributed by atoms with Crippen LogP contribution in [0.5, 0.6) is 0 Å². The molecule has 1 fully saturated rings. The molecule has 0 saturated carbocycles. The van der Waals surface area contributed by atoms with Gasteiger partial charge in [-0.2, -0.15) is 10.2 Å². The Bertz CT molecular complexity index is 795. The Morgan fingerprint density at radius 1 is 1.30 bits per heavy atom. The minimum Gasteiger partial charge on any atom is -0.379 e. The summed E-state index contributed by atoms with van der Waals surface area (Å²) in [6.45, 7) is 4.21. The first-order valence-electron chi connectivity index (χ1n) is 7.98. The van der Waals surface area contributed by atoms with Gasteiger partial charge in [0.2, 0.25) is 0 Å². The van der Waals surface area contributed by atoms with Crippen LogP contribution in [0.15, 0.2) is 24.4 Å². The van der Waals surface area contributed by atoms with Gasteiger partial charge in [-0.3, -0.25) is 10.2 Å². The highest BCUT2D eigenvalue weighted by Gasteiger charge is 2.32. The normalized spacial score (nSPS) is 21.3. The number of nitrogens with zero attached hydrogens (tertiary/aromatic N) is 3. The smallest absolute Gasteiger partial charge is 0.157 e. The average Bonchev–Trinajstić information content (AvgIpc) is 3.30. The number of aryl methyl sites for hydroxylation is 1. The molecule has 3 heterocycles. The molecule has 3 N–H and O–H groups in total. The topological polar surface area (TPSA) is 91.5 Å². The number of H-pyrrole nitrogens is 2. The Kier molecular flexibility index (Phi) is 3.80. The molecule has 4 rings (SSSR count). The monoisotopic (exact) mass is 312 g/mol. The Hall–Kier alpha value is -2.25. The minimum absolute atomic E-state index is 0.198. The molecule has 0 spiro atoms. The fraction of sp³-hybridized carbons (Fsp3) is 0.438. The zero-order chi connectivity index (χ0) is 15.6. The number of rotatable bonds is 5. The van der Waals surface area contributed by atoms with Crippen LogP contribution < -0.4 is 5.32 Å². The van der Waals surface area contributed by atoms with Gasteiger partial charge < -0.3 is 10.1 Å². The van der Waals surface area contributed by atoms with E-state index in [0.717, 1.165) is 35.5 Å². The molecule has 0 aliphatic carbocycles.